The Kier molecular flexibility index (Phi) is 4.66. The molecule has 1 saturated heterocycles. The Balaban J connectivity index is 1.89. The van der Waals surface area contributed by atoms with Crippen LogP contribution in [0.2, 0.25) is 0 Å². The number of hydrogen-bond acceptors (Lipinski definition) is 4. The molecule has 1 fully saturated rings. The van der Waals surface area contributed by atoms with Gasteiger partial charge < -0.3 is 5.11 Å². The molecule has 18 heavy (non-hydrogen) atoms. The summed E-state index contributed by atoms with van der Waals surface area (Å²) in [6.07, 6.45) is -0.562. The van der Waals surface area contributed by atoms with Gasteiger partial charge in [-0.1, -0.05) is 15.9 Å². The molecule has 0 bridgehead atoms. The van der Waals surface area contributed by atoms with E-state index >= 15 is 0 Å². The maximum absolute atomic E-state index is 11.8. The lowest BCUT2D eigenvalue weighted by Gasteiger charge is -2.13. The van der Waals surface area contributed by atoms with Gasteiger partial charge in [-0.05, 0) is 30.7 Å². The van der Waals surface area contributed by atoms with E-state index in [1.54, 1.807) is 0 Å². The van der Waals surface area contributed by atoms with Crippen molar-refractivity contribution in [2.75, 3.05) is 18.9 Å². The van der Waals surface area contributed by atoms with Crippen LogP contribution in [0.15, 0.2) is 27.6 Å². The molecule has 1 aromatic rings. The van der Waals surface area contributed by atoms with E-state index in [1.807, 2.05) is 25.1 Å². The highest BCUT2D eigenvalue weighted by atomic mass is 79.9. The fraction of sp³-hybridized carbons (Fsp3) is 0.417. The molecule has 2 rings (SSSR count). The van der Waals surface area contributed by atoms with Crippen LogP contribution >= 0.6 is 27.7 Å². The standard InChI is InChI=1S/C12H14BrNO3S/c1-8-4-9(13)2-3-11(8)18-7-12(16)14-5-10(15)6-17-14/h2-4,10,15H,5-7H2,1H3/t10-/m0/s1. The molecule has 1 N–H and O–H groups in total. The van der Waals surface area contributed by atoms with Crippen molar-refractivity contribution in [3.63, 3.8) is 0 Å². The molecule has 1 aliphatic rings. The molecule has 98 valence electrons. The first-order valence-electron chi connectivity index (χ1n) is 5.56. The second kappa shape index (κ2) is 6.06. The topological polar surface area (TPSA) is 49.8 Å². The molecular formula is C12H14BrNO3S. The third-order valence-electron chi connectivity index (χ3n) is 2.57. The Morgan fingerprint density at radius 3 is 3.06 bits per heavy atom. The van der Waals surface area contributed by atoms with Crippen molar-refractivity contribution >= 4 is 33.6 Å². The smallest absolute Gasteiger partial charge is 0.256 e. The molecule has 0 spiro atoms. The zero-order valence-corrected chi connectivity index (χ0v) is 12.3. The lowest BCUT2D eigenvalue weighted by molar-refractivity contribution is -0.165. The van der Waals surface area contributed by atoms with Crippen LogP contribution in [0.3, 0.4) is 0 Å². The van der Waals surface area contributed by atoms with Gasteiger partial charge in [0.05, 0.1) is 18.4 Å². The maximum Gasteiger partial charge on any atom is 0.256 e. The number of nitrogens with zero attached hydrogens (tertiary/aromatic N) is 1. The summed E-state index contributed by atoms with van der Waals surface area (Å²) < 4.78 is 1.03. The van der Waals surface area contributed by atoms with E-state index in [9.17, 15) is 9.90 Å². The molecule has 0 aliphatic carbocycles. The average molecular weight is 332 g/mol. The van der Waals surface area contributed by atoms with Gasteiger partial charge in [0, 0.05) is 9.37 Å². The number of carbonyl (C=O) groups is 1. The first-order valence-corrected chi connectivity index (χ1v) is 7.34. The summed E-state index contributed by atoms with van der Waals surface area (Å²) >= 11 is 4.88. The molecule has 6 heteroatoms. The fourth-order valence-corrected chi connectivity index (χ4v) is 2.98. The minimum atomic E-state index is -0.562. The molecule has 0 unspecified atom stereocenters. The number of thioether (sulfide) groups is 1. The zero-order chi connectivity index (χ0) is 13.1. The van der Waals surface area contributed by atoms with Crippen LogP contribution in [-0.4, -0.2) is 41.1 Å². The minimum absolute atomic E-state index is 0.112. The highest BCUT2D eigenvalue weighted by molar-refractivity contribution is 9.10. The number of aliphatic hydroxyl groups excluding tert-OH is 1. The van der Waals surface area contributed by atoms with Crippen molar-refractivity contribution in [1.82, 2.24) is 5.06 Å². The van der Waals surface area contributed by atoms with Gasteiger partial charge in [-0.25, -0.2) is 5.06 Å². The van der Waals surface area contributed by atoms with Crippen molar-refractivity contribution in [2.24, 2.45) is 0 Å². The number of β-amino-alcohol motifs (C(OH)–C–C–N with tert-alkyl or cyclic N) is 1. The van der Waals surface area contributed by atoms with Crippen LogP contribution in [0.25, 0.3) is 0 Å². The van der Waals surface area contributed by atoms with Crippen molar-refractivity contribution in [3.8, 4) is 0 Å². The predicted octanol–water partition coefficient (Wildman–Crippen LogP) is 1.98. The van der Waals surface area contributed by atoms with E-state index in [0.29, 0.717) is 5.75 Å². The normalized spacial score (nSPS) is 19.3. The maximum atomic E-state index is 11.8. The van der Waals surface area contributed by atoms with Gasteiger partial charge in [0.15, 0.2) is 0 Å². The van der Waals surface area contributed by atoms with E-state index in [2.05, 4.69) is 15.9 Å². The number of rotatable bonds is 3. The number of hydrogen-bond donors (Lipinski definition) is 1. The van der Waals surface area contributed by atoms with Crippen LogP contribution in [-0.2, 0) is 9.63 Å². The van der Waals surface area contributed by atoms with Gasteiger partial charge in [0.1, 0.15) is 6.61 Å². The summed E-state index contributed by atoms with van der Waals surface area (Å²) in [5.41, 5.74) is 1.13. The first-order chi connectivity index (χ1) is 8.56. The van der Waals surface area contributed by atoms with Gasteiger partial charge in [0.25, 0.3) is 5.91 Å². The van der Waals surface area contributed by atoms with E-state index < -0.39 is 6.10 Å². The molecule has 0 saturated carbocycles. The second-order valence-corrected chi connectivity index (χ2v) is 6.04. The largest absolute Gasteiger partial charge is 0.389 e. The van der Waals surface area contributed by atoms with Gasteiger partial charge in [-0.15, -0.1) is 11.8 Å². The molecule has 1 aromatic carbocycles. The molecule has 0 radical (unpaired) electrons. The van der Waals surface area contributed by atoms with Crippen LogP contribution in [0, 0.1) is 6.92 Å². The van der Waals surface area contributed by atoms with Crippen LogP contribution < -0.4 is 0 Å². The second-order valence-electron chi connectivity index (χ2n) is 4.10. The number of aliphatic hydroxyl groups is 1. The van der Waals surface area contributed by atoms with Crippen molar-refractivity contribution in [1.29, 1.82) is 0 Å². The predicted molar refractivity (Wildman–Crippen MR) is 73.3 cm³/mol. The molecule has 1 amide bonds. The molecule has 1 aliphatic heterocycles. The Hall–Kier alpha value is -0.560. The SMILES string of the molecule is Cc1cc(Br)ccc1SCC(=O)N1C[C@H](O)CO1. The van der Waals surface area contributed by atoms with E-state index in [1.165, 1.54) is 16.8 Å². The highest BCUT2D eigenvalue weighted by Gasteiger charge is 2.25. The van der Waals surface area contributed by atoms with E-state index in [4.69, 9.17) is 4.84 Å². The Morgan fingerprint density at radius 1 is 1.67 bits per heavy atom. The summed E-state index contributed by atoms with van der Waals surface area (Å²) in [6.45, 7) is 2.47. The summed E-state index contributed by atoms with van der Waals surface area (Å²) in [4.78, 5) is 18.0. The summed E-state index contributed by atoms with van der Waals surface area (Å²) in [5, 5.41) is 10.5. The number of halogens is 1. The third kappa shape index (κ3) is 3.47. The quantitative estimate of drug-likeness (QED) is 0.860. The number of benzene rings is 1. The third-order valence-corrected chi connectivity index (χ3v) is 4.22. The minimum Gasteiger partial charge on any atom is -0.389 e. The van der Waals surface area contributed by atoms with E-state index in [0.717, 1.165) is 14.9 Å². The van der Waals surface area contributed by atoms with Gasteiger partial charge in [-0.3, -0.25) is 9.63 Å². The number of carbonyl (C=O) groups excluding carboxylic acids is 1. The first kappa shape index (κ1) is 13.9. The molecular weight excluding hydrogens is 318 g/mol. The van der Waals surface area contributed by atoms with Gasteiger partial charge in [-0.2, -0.15) is 0 Å². The molecule has 1 atom stereocenters. The molecule has 0 aromatic heterocycles. The summed E-state index contributed by atoms with van der Waals surface area (Å²) in [6, 6.07) is 5.95. The van der Waals surface area contributed by atoms with Crippen molar-refractivity contribution < 1.29 is 14.7 Å². The van der Waals surface area contributed by atoms with Crippen LogP contribution in [0.1, 0.15) is 5.56 Å². The monoisotopic (exact) mass is 331 g/mol. The molecule has 1 heterocycles. The van der Waals surface area contributed by atoms with Gasteiger partial charge >= 0.3 is 0 Å². The van der Waals surface area contributed by atoms with Crippen molar-refractivity contribution in [2.45, 2.75) is 17.9 Å². The highest BCUT2D eigenvalue weighted by Crippen LogP contribution is 2.25. The summed E-state index contributed by atoms with van der Waals surface area (Å²) in [5.74, 6) is 0.203. The van der Waals surface area contributed by atoms with E-state index in [-0.39, 0.29) is 19.1 Å². The zero-order valence-electron chi connectivity index (χ0n) is 9.93. The Bertz CT molecular complexity index is 455. The number of amides is 1. The van der Waals surface area contributed by atoms with Crippen LogP contribution in [0.4, 0.5) is 0 Å². The fourth-order valence-electron chi connectivity index (χ4n) is 1.63. The Labute approximate surface area is 118 Å². The lowest BCUT2D eigenvalue weighted by atomic mass is 10.2. The lowest BCUT2D eigenvalue weighted by Crippen LogP contribution is -2.29. The van der Waals surface area contributed by atoms with Crippen LogP contribution in [0.5, 0.6) is 0 Å². The molecule has 4 nitrogen and oxygen atoms in total. The summed E-state index contributed by atoms with van der Waals surface area (Å²) in [7, 11) is 0. The number of aryl methyl sites for hydroxylation is 1. The number of hydroxylamine groups is 2. The Morgan fingerprint density at radius 2 is 2.44 bits per heavy atom. The van der Waals surface area contributed by atoms with Crippen molar-refractivity contribution in [3.05, 3.63) is 28.2 Å². The average Bonchev–Trinajstić information content (AvgIpc) is 2.74. The van der Waals surface area contributed by atoms with Gasteiger partial charge in [0.2, 0.25) is 0 Å².